The van der Waals surface area contributed by atoms with Crippen LogP contribution in [-0.4, -0.2) is 59.5 Å². The number of carbonyl (C=O) groups excluding carboxylic acids is 3. The topological polar surface area (TPSA) is 113 Å². The van der Waals surface area contributed by atoms with Gasteiger partial charge in [-0.15, -0.1) is 0 Å². The van der Waals surface area contributed by atoms with Crippen molar-refractivity contribution in [3.8, 4) is 0 Å². The van der Waals surface area contributed by atoms with E-state index in [0.29, 0.717) is 34.7 Å². The van der Waals surface area contributed by atoms with E-state index >= 15 is 0 Å². The largest absolute Gasteiger partial charge is 0.457 e. The van der Waals surface area contributed by atoms with Crippen molar-refractivity contribution in [1.29, 1.82) is 0 Å². The van der Waals surface area contributed by atoms with E-state index in [2.05, 4.69) is 13.8 Å². The number of hydrogen-bond donors (Lipinski definition) is 2. The van der Waals surface area contributed by atoms with Crippen molar-refractivity contribution in [2.75, 3.05) is 18.6 Å². The zero-order valence-corrected chi connectivity index (χ0v) is 27.0. The summed E-state index contributed by atoms with van der Waals surface area (Å²) in [5.41, 5.74) is -2.33. The highest BCUT2D eigenvalue weighted by atomic mass is 35.5. The van der Waals surface area contributed by atoms with E-state index < -0.39 is 41.2 Å². The molecule has 1 amide bonds. The lowest BCUT2D eigenvalue weighted by atomic mass is 9.58. The van der Waals surface area contributed by atoms with Gasteiger partial charge in [-0.3, -0.25) is 9.69 Å². The maximum atomic E-state index is 14.9. The summed E-state index contributed by atoms with van der Waals surface area (Å²) in [5.74, 6) is -1.50. The Morgan fingerprint density at radius 1 is 1.09 bits per heavy atom. The van der Waals surface area contributed by atoms with Crippen LogP contribution < -0.4 is 4.90 Å². The molecule has 6 rings (SSSR count). The van der Waals surface area contributed by atoms with Gasteiger partial charge in [0.05, 0.1) is 11.0 Å². The van der Waals surface area contributed by atoms with Gasteiger partial charge < -0.3 is 19.7 Å². The predicted octanol–water partition coefficient (Wildman–Crippen LogP) is 6.00. The smallest absolute Gasteiger partial charge is 0.414 e. The van der Waals surface area contributed by atoms with E-state index in [4.69, 9.17) is 21.1 Å². The van der Waals surface area contributed by atoms with Gasteiger partial charge in [0.15, 0.2) is 17.5 Å². The van der Waals surface area contributed by atoms with Gasteiger partial charge in [0.2, 0.25) is 0 Å². The molecule has 2 saturated carbocycles. The van der Waals surface area contributed by atoms with Crippen LogP contribution in [0.25, 0.3) is 0 Å². The van der Waals surface area contributed by atoms with Crippen molar-refractivity contribution in [2.24, 2.45) is 34.5 Å². The molecule has 0 heterocycles. The number of anilines is 1. The molecule has 0 radical (unpaired) electrons. The number of allylic oxidation sites excluding steroid dienone is 1. The summed E-state index contributed by atoms with van der Waals surface area (Å²) >= 11 is 6.03. The second kappa shape index (κ2) is 11.1. The van der Waals surface area contributed by atoms with Crippen LogP contribution in [0.1, 0.15) is 50.9 Å². The third-order valence-corrected chi connectivity index (χ3v) is 11.3. The van der Waals surface area contributed by atoms with E-state index in [0.717, 1.165) is 0 Å². The van der Waals surface area contributed by atoms with Crippen LogP contribution in [0.2, 0.25) is 5.02 Å². The SMILES string of the molecule is CC[C@@H]1C[C@@H]2[C@H]([C@@H]3C=C(COC(=O)c4ccccc4)[C@@H](O)[C@]4(O)[C@@H](OC(=O)N(C)c5ccc(Cl)cc5)C(C)=C[C@@]14C3=O)C2(C)C. The van der Waals surface area contributed by atoms with Crippen LogP contribution in [0.4, 0.5) is 10.5 Å². The molecular weight excluding hydrogens is 594 g/mol. The van der Waals surface area contributed by atoms with Crippen molar-refractivity contribution < 1.29 is 34.1 Å². The number of Topliss-reactive ketones (excluding diaryl/α,β-unsaturated/α-hetero) is 1. The van der Waals surface area contributed by atoms with Crippen LogP contribution in [0.3, 0.4) is 0 Å². The first-order valence-corrected chi connectivity index (χ1v) is 15.9. The number of aliphatic hydroxyl groups is 2. The number of halogens is 1. The van der Waals surface area contributed by atoms with E-state index in [1.54, 1.807) is 73.7 Å². The van der Waals surface area contributed by atoms with Crippen molar-refractivity contribution in [3.63, 3.8) is 0 Å². The average molecular weight is 634 g/mol. The summed E-state index contributed by atoms with van der Waals surface area (Å²) in [6.07, 6.45) is 0.942. The van der Waals surface area contributed by atoms with E-state index in [9.17, 15) is 24.6 Å². The molecule has 1 spiro atoms. The van der Waals surface area contributed by atoms with Gasteiger partial charge in [-0.05, 0) is 84.1 Å². The Balaban J connectivity index is 1.41. The minimum absolute atomic E-state index is 0.000792. The molecule has 0 aromatic heterocycles. The van der Waals surface area contributed by atoms with Gasteiger partial charge in [-0.1, -0.05) is 69.1 Å². The Labute approximate surface area is 268 Å². The van der Waals surface area contributed by atoms with Crippen molar-refractivity contribution in [3.05, 3.63) is 88.5 Å². The fourth-order valence-electron chi connectivity index (χ4n) is 8.62. The fourth-order valence-corrected chi connectivity index (χ4v) is 8.74. The van der Waals surface area contributed by atoms with Gasteiger partial charge in [0.1, 0.15) is 12.7 Å². The van der Waals surface area contributed by atoms with Crippen LogP contribution >= 0.6 is 11.6 Å². The molecule has 2 aromatic carbocycles. The number of amides is 1. The Morgan fingerprint density at radius 2 is 1.76 bits per heavy atom. The molecule has 0 aliphatic heterocycles. The number of nitrogens with zero attached hydrogens (tertiary/aromatic N) is 1. The van der Waals surface area contributed by atoms with E-state index in [-0.39, 0.29) is 41.1 Å². The molecule has 4 aliphatic carbocycles. The Kier molecular flexibility index (Phi) is 7.78. The molecule has 2 N–H and O–H groups in total. The Hall–Kier alpha value is -3.46. The molecule has 8 nitrogen and oxygen atoms in total. The molecule has 45 heavy (non-hydrogen) atoms. The van der Waals surface area contributed by atoms with Gasteiger partial charge in [0, 0.05) is 23.7 Å². The third kappa shape index (κ3) is 4.67. The fraction of sp³-hybridized carbons (Fsp3) is 0.472. The van der Waals surface area contributed by atoms with Crippen LogP contribution in [-0.2, 0) is 14.3 Å². The molecule has 9 heteroatoms. The normalized spacial score (nSPS) is 34.3. The standard InChI is InChI=1S/C36H40ClNO7/c1-6-23-17-27-28(34(27,3)4)26-16-22(19-44-32(41)21-10-8-7-9-11-21)29(39)36(43)31(20(2)18-35(23,36)30(26)40)45-33(42)38(5)25-14-12-24(37)13-15-25/h7-16,18,23,26-29,31,39,43H,6,17,19H2,1-5H3/t23-,26+,27-,28+,29-,31+,35+,36+/m1/s1. The molecule has 238 valence electrons. The lowest BCUT2D eigenvalue weighted by molar-refractivity contribution is -0.191. The van der Waals surface area contributed by atoms with Crippen LogP contribution in [0.15, 0.2) is 77.9 Å². The molecule has 4 aliphatic rings. The number of ketones is 1. The second-order valence-corrected chi connectivity index (χ2v) is 14.1. The lowest BCUT2D eigenvalue weighted by Crippen LogP contribution is -2.66. The number of fused-ring (bicyclic) bond motifs is 3. The summed E-state index contributed by atoms with van der Waals surface area (Å²) in [6, 6.07) is 15.1. The Morgan fingerprint density at radius 3 is 2.40 bits per heavy atom. The number of rotatable bonds is 6. The second-order valence-electron chi connectivity index (χ2n) is 13.7. The number of esters is 1. The first-order valence-electron chi connectivity index (χ1n) is 15.6. The van der Waals surface area contributed by atoms with Crippen molar-refractivity contribution in [2.45, 2.75) is 58.3 Å². The summed E-state index contributed by atoms with van der Waals surface area (Å²) in [7, 11) is 1.54. The molecule has 2 aromatic rings. The quantitative estimate of drug-likeness (QED) is 0.296. The molecule has 8 atom stereocenters. The highest BCUT2D eigenvalue weighted by molar-refractivity contribution is 6.30. The maximum Gasteiger partial charge on any atom is 0.414 e. The number of benzene rings is 2. The minimum atomic E-state index is -2.24. The molecule has 2 fully saturated rings. The van der Waals surface area contributed by atoms with Gasteiger partial charge in [-0.2, -0.15) is 0 Å². The zero-order chi connectivity index (χ0) is 32.5. The summed E-state index contributed by atoms with van der Waals surface area (Å²) in [6.45, 7) is 7.68. The van der Waals surface area contributed by atoms with Gasteiger partial charge in [0.25, 0.3) is 0 Å². The minimum Gasteiger partial charge on any atom is -0.457 e. The first kappa shape index (κ1) is 31.5. The molecular formula is C36H40ClNO7. The summed E-state index contributed by atoms with van der Waals surface area (Å²) in [4.78, 5) is 42.8. The third-order valence-electron chi connectivity index (χ3n) is 11.1. The van der Waals surface area contributed by atoms with Gasteiger partial charge in [-0.25, -0.2) is 9.59 Å². The lowest BCUT2D eigenvalue weighted by Gasteiger charge is -2.49. The van der Waals surface area contributed by atoms with Crippen LogP contribution in [0.5, 0.6) is 0 Å². The first-order chi connectivity index (χ1) is 21.3. The summed E-state index contributed by atoms with van der Waals surface area (Å²) < 4.78 is 11.7. The number of ether oxygens (including phenoxy) is 2. The molecule has 2 bridgehead atoms. The van der Waals surface area contributed by atoms with Crippen LogP contribution in [0, 0.1) is 34.5 Å². The zero-order valence-electron chi connectivity index (χ0n) is 26.2. The predicted molar refractivity (Wildman–Crippen MR) is 170 cm³/mol. The monoisotopic (exact) mass is 633 g/mol. The number of hydrogen-bond acceptors (Lipinski definition) is 7. The number of carbonyl (C=O) groups is 3. The van der Waals surface area contributed by atoms with Gasteiger partial charge >= 0.3 is 12.1 Å². The Bertz CT molecular complexity index is 1580. The maximum absolute atomic E-state index is 14.9. The number of aliphatic hydroxyl groups excluding tert-OH is 1. The van der Waals surface area contributed by atoms with Crippen molar-refractivity contribution in [1.82, 2.24) is 0 Å². The van der Waals surface area contributed by atoms with E-state index in [1.807, 2.05) is 6.92 Å². The highest BCUT2D eigenvalue weighted by Crippen LogP contribution is 2.72. The molecule has 0 saturated heterocycles. The van der Waals surface area contributed by atoms with E-state index in [1.165, 1.54) is 11.9 Å². The van der Waals surface area contributed by atoms with Crippen molar-refractivity contribution >= 4 is 35.1 Å². The highest BCUT2D eigenvalue weighted by Gasteiger charge is 2.77. The molecule has 0 unspecified atom stereocenters. The summed E-state index contributed by atoms with van der Waals surface area (Å²) in [5, 5.41) is 25.7. The average Bonchev–Trinajstić information content (AvgIpc) is 3.54.